The maximum atomic E-state index is 12.8. The minimum Gasteiger partial charge on any atom is -0.462 e. The van der Waals surface area contributed by atoms with Gasteiger partial charge in [0.1, 0.15) is 13.2 Å². The maximum absolute atomic E-state index is 12.8. The van der Waals surface area contributed by atoms with Crippen molar-refractivity contribution in [3.63, 3.8) is 0 Å². The van der Waals surface area contributed by atoms with Gasteiger partial charge in [-0.05, 0) is 77.0 Å². The lowest BCUT2D eigenvalue weighted by atomic mass is 10.1. The SMILES string of the molecule is CC/C=C\C/C=C\C/C=C\CCCCCCCC(=O)OC(COC(=O)CCCCCCCCCC)COC(=O)CCCCCCCCCCC/C=C\CCCCCCCCCC. The third-order valence-electron chi connectivity index (χ3n) is 11.6. The Morgan fingerprint density at radius 1 is 0.339 bits per heavy atom. The highest BCUT2D eigenvalue weighted by molar-refractivity contribution is 5.71. The number of allylic oxidation sites excluding steroid dienone is 8. The van der Waals surface area contributed by atoms with Crippen LogP contribution in [0.5, 0.6) is 0 Å². The first-order chi connectivity index (χ1) is 30.5. The van der Waals surface area contributed by atoms with E-state index in [0.717, 1.165) is 96.3 Å². The summed E-state index contributed by atoms with van der Waals surface area (Å²) >= 11 is 0. The summed E-state index contributed by atoms with van der Waals surface area (Å²) in [5, 5.41) is 0. The monoisotopic (exact) mass is 869 g/mol. The Bertz CT molecular complexity index is 1090. The Morgan fingerprint density at radius 2 is 0.629 bits per heavy atom. The molecule has 0 rings (SSSR count). The predicted molar refractivity (Wildman–Crippen MR) is 265 cm³/mol. The van der Waals surface area contributed by atoms with Crippen molar-refractivity contribution >= 4 is 17.9 Å². The largest absolute Gasteiger partial charge is 0.462 e. The van der Waals surface area contributed by atoms with E-state index in [1.54, 1.807) is 0 Å². The second kappa shape index (κ2) is 51.0. The molecule has 0 saturated carbocycles. The van der Waals surface area contributed by atoms with Crippen molar-refractivity contribution in [2.75, 3.05) is 13.2 Å². The molecule has 0 aromatic rings. The number of hydrogen-bond donors (Lipinski definition) is 0. The van der Waals surface area contributed by atoms with Crippen LogP contribution in [0, 0.1) is 0 Å². The molecule has 0 spiro atoms. The standard InChI is InChI=1S/C56H100O6/c1-4-7-10-13-16-19-21-23-25-26-27-28-29-30-32-33-35-37-40-43-46-49-55(58)61-52-53(51-60-54(57)48-45-42-39-18-15-12-9-6-3)62-56(59)50-47-44-41-38-36-34-31-24-22-20-17-14-11-8-5-2/h8,11,17,20,24,26-27,31,53H,4-7,9-10,12-16,18-19,21-23,25,28-30,32-52H2,1-3H3/b11-8-,20-17-,27-26-,31-24-. The minimum atomic E-state index is -0.779. The van der Waals surface area contributed by atoms with Crippen molar-refractivity contribution in [3.05, 3.63) is 48.6 Å². The molecule has 0 aliphatic heterocycles. The molecule has 0 radical (unpaired) electrons. The number of hydrogen-bond acceptors (Lipinski definition) is 6. The fourth-order valence-electron chi connectivity index (χ4n) is 7.57. The van der Waals surface area contributed by atoms with Crippen LogP contribution in [0.4, 0.5) is 0 Å². The van der Waals surface area contributed by atoms with Crippen LogP contribution in [0.15, 0.2) is 48.6 Å². The molecule has 0 N–H and O–H groups in total. The van der Waals surface area contributed by atoms with Crippen LogP contribution in [-0.2, 0) is 28.6 Å². The molecule has 0 heterocycles. The second-order valence-electron chi connectivity index (χ2n) is 17.8. The van der Waals surface area contributed by atoms with Crippen LogP contribution in [0.2, 0.25) is 0 Å². The summed E-state index contributed by atoms with van der Waals surface area (Å²) < 4.78 is 16.8. The van der Waals surface area contributed by atoms with Crippen LogP contribution >= 0.6 is 0 Å². The molecular formula is C56H100O6. The predicted octanol–water partition coefficient (Wildman–Crippen LogP) is 17.5. The van der Waals surface area contributed by atoms with E-state index < -0.39 is 6.10 Å². The molecule has 360 valence electrons. The highest BCUT2D eigenvalue weighted by Gasteiger charge is 2.19. The molecule has 0 fully saturated rings. The summed E-state index contributed by atoms with van der Waals surface area (Å²) in [4.78, 5) is 37.9. The summed E-state index contributed by atoms with van der Waals surface area (Å²) in [5.74, 6) is -0.895. The average molecular weight is 869 g/mol. The summed E-state index contributed by atoms with van der Waals surface area (Å²) in [6.45, 7) is 6.50. The van der Waals surface area contributed by atoms with Crippen molar-refractivity contribution in [2.45, 2.75) is 277 Å². The van der Waals surface area contributed by atoms with E-state index in [1.807, 2.05) is 0 Å². The highest BCUT2D eigenvalue weighted by atomic mass is 16.6. The van der Waals surface area contributed by atoms with Crippen molar-refractivity contribution in [2.24, 2.45) is 0 Å². The molecule has 0 aromatic carbocycles. The lowest BCUT2D eigenvalue weighted by Gasteiger charge is -2.18. The minimum absolute atomic E-state index is 0.0792. The van der Waals surface area contributed by atoms with Gasteiger partial charge >= 0.3 is 17.9 Å². The first kappa shape index (κ1) is 59.4. The van der Waals surface area contributed by atoms with Gasteiger partial charge in [0.2, 0.25) is 0 Å². The van der Waals surface area contributed by atoms with Gasteiger partial charge in [0.05, 0.1) is 0 Å². The van der Waals surface area contributed by atoms with Crippen molar-refractivity contribution < 1.29 is 28.6 Å². The lowest BCUT2D eigenvalue weighted by Crippen LogP contribution is -2.30. The molecule has 0 aliphatic carbocycles. The van der Waals surface area contributed by atoms with Gasteiger partial charge in [0.25, 0.3) is 0 Å². The van der Waals surface area contributed by atoms with Gasteiger partial charge in [0.15, 0.2) is 6.10 Å². The number of unbranched alkanes of at least 4 members (excludes halogenated alkanes) is 29. The normalized spacial score (nSPS) is 12.4. The smallest absolute Gasteiger partial charge is 0.306 e. The van der Waals surface area contributed by atoms with E-state index in [1.165, 1.54) is 135 Å². The second-order valence-corrected chi connectivity index (χ2v) is 17.8. The van der Waals surface area contributed by atoms with E-state index >= 15 is 0 Å². The molecule has 1 atom stereocenters. The summed E-state index contributed by atoms with van der Waals surface area (Å²) in [6.07, 6.45) is 61.1. The Labute approximate surface area is 384 Å². The number of carbonyl (C=O) groups excluding carboxylic acids is 3. The maximum Gasteiger partial charge on any atom is 0.306 e. The molecule has 62 heavy (non-hydrogen) atoms. The van der Waals surface area contributed by atoms with Gasteiger partial charge in [-0.15, -0.1) is 0 Å². The Kier molecular flexibility index (Phi) is 48.8. The van der Waals surface area contributed by atoms with E-state index in [9.17, 15) is 14.4 Å². The molecule has 6 heteroatoms. The van der Waals surface area contributed by atoms with E-state index in [-0.39, 0.29) is 31.1 Å². The zero-order chi connectivity index (χ0) is 45.1. The number of rotatable bonds is 48. The molecule has 0 aliphatic rings. The van der Waals surface area contributed by atoms with Gasteiger partial charge in [-0.2, -0.15) is 0 Å². The number of carbonyl (C=O) groups is 3. The van der Waals surface area contributed by atoms with Crippen LogP contribution in [0.3, 0.4) is 0 Å². The molecule has 1 unspecified atom stereocenters. The third-order valence-corrected chi connectivity index (χ3v) is 11.6. The van der Waals surface area contributed by atoms with Gasteiger partial charge in [-0.3, -0.25) is 14.4 Å². The Balaban J connectivity index is 4.24. The number of ether oxygens (including phenoxy) is 3. The summed E-state index contributed by atoms with van der Waals surface area (Å²) in [6, 6.07) is 0. The van der Waals surface area contributed by atoms with Crippen LogP contribution < -0.4 is 0 Å². The average Bonchev–Trinajstić information content (AvgIpc) is 3.27. The Morgan fingerprint density at radius 3 is 1.00 bits per heavy atom. The van der Waals surface area contributed by atoms with E-state index in [4.69, 9.17) is 14.2 Å². The fraction of sp³-hybridized carbons (Fsp3) is 0.804. The zero-order valence-corrected chi connectivity index (χ0v) is 41.1. The molecule has 0 bridgehead atoms. The molecular weight excluding hydrogens is 769 g/mol. The first-order valence-electron chi connectivity index (χ1n) is 26.6. The van der Waals surface area contributed by atoms with Crippen LogP contribution in [0.25, 0.3) is 0 Å². The fourth-order valence-corrected chi connectivity index (χ4v) is 7.57. The van der Waals surface area contributed by atoms with E-state index in [2.05, 4.69) is 69.4 Å². The van der Waals surface area contributed by atoms with Crippen molar-refractivity contribution in [3.8, 4) is 0 Å². The zero-order valence-electron chi connectivity index (χ0n) is 41.1. The Hall–Kier alpha value is -2.63. The molecule has 6 nitrogen and oxygen atoms in total. The quantitative estimate of drug-likeness (QED) is 0.0262. The number of esters is 3. The van der Waals surface area contributed by atoms with Gasteiger partial charge in [-0.25, -0.2) is 0 Å². The third kappa shape index (κ3) is 48.4. The highest BCUT2D eigenvalue weighted by Crippen LogP contribution is 2.15. The molecule has 0 saturated heterocycles. The summed E-state index contributed by atoms with van der Waals surface area (Å²) in [7, 11) is 0. The lowest BCUT2D eigenvalue weighted by molar-refractivity contribution is -0.167. The first-order valence-corrected chi connectivity index (χ1v) is 26.6. The summed E-state index contributed by atoms with van der Waals surface area (Å²) in [5.41, 5.74) is 0. The molecule has 0 aromatic heterocycles. The van der Waals surface area contributed by atoms with Gasteiger partial charge < -0.3 is 14.2 Å². The van der Waals surface area contributed by atoms with Crippen molar-refractivity contribution in [1.29, 1.82) is 0 Å². The van der Waals surface area contributed by atoms with Gasteiger partial charge in [0, 0.05) is 19.3 Å². The topological polar surface area (TPSA) is 78.9 Å². The van der Waals surface area contributed by atoms with Crippen LogP contribution in [-0.4, -0.2) is 37.2 Å². The molecule has 0 amide bonds. The van der Waals surface area contributed by atoms with Gasteiger partial charge in [-0.1, -0.05) is 223 Å². The van der Waals surface area contributed by atoms with E-state index in [0.29, 0.717) is 19.3 Å². The van der Waals surface area contributed by atoms with Crippen LogP contribution in [0.1, 0.15) is 271 Å². The van der Waals surface area contributed by atoms with Crippen molar-refractivity contribution in [1.82, 2.24) is 0 Å².